The van der Waals surface area contributed by atoms with Crippen molar-refractivity contribution in [3.8, 4) is 0 Å². The first-order valence-corrected chi connectivity index (χ1v) is 6.20. The molecule has 0 fully saturated rings. The summed E-state index contributed by atoms with van der Waals surface area (Å²) in [4.78, 5) is 12.6. The van der Waals surface area contributed by atoms with Crippen LogP contribution in [-0.2, 0) is 15.5 Å². The summed E-state index contributed by atoms with van der Waals surface area (Å²) in [7, 11) is -2.81. The summed E-state index contributed by atoms with van der Waals surface area (Å²) >= 11 is 0. The van der Waals surface area contributed by atoms with E-state index in [1.807, 2.05) is 24.3 Å². The van der Waals surface area contributed by atoms with Crippen LogP contribution in [0.4, 0.5) is 0 Å². The number of hydrogen-bond acceptors (Lipinski definition) is 3. The fourth-order valence-corrected chi connectivity index (χ4v) is 1.82. The van der Waals surface area contributed by atoms with E-state index in [9.17, 15) is 4.57 Å². The second-order valence-electron chi connectivity index (χ2n) is 3.42. The normalized spacial score (nSPS) is 12.8. The summed E-state index contributed by atoms with van der Waals surface area (Å²) in [5, 5.41) is 2.20. The zero-order chi connectivity index (χ0) is 11.4. The van der Waals surface area contributed by atoms with Gasteiger partial charge in [-0.25, -0.2) is 0 Å². The number of pyridine rings is 1. The monoisotopic (exact) mass is 237 g/mol. The van der Waals surface area contributed by atoms with Crippen LogP contribution in [0.5, 0.6) is 0 Å². The number of rotatable bonds is 4. The Labute approximate surface area is 93.8 Å². The summed E-state index contributed by atoms with van der Waals surface area (Å²) in [6.07, 6.45) is 4.18. The van der Waals surface area contributed by atoms with Gasteiger partial charge in [-0.1, -0.05) is 12.1 Å². The third kappa shape index (κ3) is 2.89. The Balaban J connectivity index is 2.10. The summed E-state index contributed by atoms with van der Waals surface area (Å²) in [6, 6.07) is 7.96. The molecular formula is C11H12NO3P. The van der Waals surface area contributed by atoms with Gasteiger partial charge in [0.1, 0.15) is 0 Å². The van der Waals surface area contributed by atoms with Crippen LogP contribution in [0.1, 0.15) is 5.56 Å². The molecule has 4 nitrogen and oxygen atoms in total. The molecule has 0 saturated carbocycles. The van der Waals surface area contributed by atoms with Crippen molar-refractivity contribution in [1.29, 1.82) is 0 Å². The fraction of sp³-hybridized carbons (Fsp3) is 0.182. The molecule has 0 aliphatic carbocycles. The van der Waals surface area contributed by atoms with Crippen molar-refractivity contribution in [3.05, 3.63) is 42.2 Å². The van der Waals surface area contributed by atoms with Crippen LogP contribution in [-0.4, -0.2) is 16.5 Å². The molecule has 1 aromatic heterocycles. The Hall–Kier alpha value is -1.22. The molecule has 0 bridgehead atoms. The lowest BCUT2D eigenvalue weighted by molar-refractivity contribution is 0.285. The van der Waals surface area contributed by atoms with Crippen molar-refractivity contribution in [1.82, 2.24) is 4.98 Å². The standard InChI is InChI=1S/C11H12NO3P/c13-16(14)15-6-4-9-1-2-10-3-5-12-8-11(10)7-9/h1-3,5,7-8,16H,4,6H2,(H,13,14). The number of hydrogen-bond donors (Lipinski definition) is 1. The molecule has 0 radical (unpaired) electrons. The zero-order valence-corrected chi connectivity index (χ0v) is 9.59. The van der Waals surface area contributed by atoms with Crippen molar-refractivity contribution in [2.24, 2.45) is 0 Å². The quantitative estimate of drug-likeness (QED) is 0.828. The molecule has 5 heteroatoms. The highest BCUT2D eigenvalue weighted by molar-refractivity contribution is 7.32. The Bertz CT molecular complexity index is 515. The van der Waals surface area contributed by atoms with Gasteiger partial charge in [0.15, 0.2) is 0 Å². The highest BCUT2D eigenvalue weighted by Crippen LogP contribution is 2.17. The van der Waals surface area contributed by atoms with Gasteiger partial charge in [-0.15, -0.1) is 0 Å². The molecular weight excluding hydrogens is 225 g/mol. The van der Waals surface area contributed by atoms with Crippen molar-refractivity contribution < 1.29 is 14.0 Å². The van der Waals surface area contributed by atoms with Crippen molar-refractivity contribution in [3.63, 3.8) is 0 Å². The van der Waals surface area contributed by atoms with E-state index in [0.717, 1.165) is 16.3 Å². The highest BCUT2D eigenvalue weighted by Gasteiger charge is 1.98. The third-order valence-electron chi connectivity index (χ3n) is 2.32. The Morgan fingerprint density at radius 3 is 3.00 bits per heavy atom. The molecule has 1 heterocycles. The fourth-order valence-electron chi connectivity index (χ4n) is 1.55. The lowest BCUT2D eigenvalue weighted by atomic mass is 10.1. The van der Waals surface area contributed by atoms with E-state index in [0.29, 0.717) is 6.42 Å². The number of nitrogens with zero attached hydrogens (tertiary/aromatic N) is 1. The number of fused-ring (bicyclic) bond motifs is 1. The molecule has 2 rings (SSSR count). The summed E-state index contributed by atoms with van der Waals surface area (Å²) in [5.41, 5.74) is 1.07. The topological polar surface area (TPSA) is 59.4 Å². The van der Waals surface area contributed by atoms with Crippen LogP contribution in [0.25, 0.3) is 10.8 Å². The summed E-state index contributed by atoms with van der Waals surface area (Å²) < 4.78 is 15.0. The minimum atomic E-state index is -2.81. The van der Waals surface area contributed by atoms with Crippen molar-refractivity contribution >= 4 is 19.0 Å². The predicted molar refractivity (Wildman–Crippen MR) is 62.6 cm³/mol. The molecule has 0 amide bonds. The first-order chi connectivity index (χ1) is 7.75. The van der Waals surface area contributed by atoms with Gasteiger partial charge in [0.05, 0.1) is 6.61 Å². The summed E-state index contributed by atoms with van der Waals surface area (Å²) in [5.74, 6) is 0. The minimum absolute atomic E-state index is 0.264. The van der Waals surface area contributed by atoms with Crippen LogP contribution < -0.4 is 0 Å². The van der Waals surface area contributed by atoms with Crippen molar-refractivity contribution in [2.75, 3.05) is 6.61 Å². The second kappa shape index (κ2) is 5.21. The molecule has 1 aromatic carbocycles. The van der Waals surface area contributed by atoms with E-state index in [1.165, 1.54) is 0 Å². The van der Waals surface area contributed by atoms with Gasteiger partial charge in [-0.05, 0) is 29.5 Å². The first-order valence-electron chi connectivity index (χ1n) is 4.94. The maximum Gasteiger partial charge on any atom is 0.316 e. The van der Waals surface area contributed by atoms with E-state index in [2.05, 4.69) is 9.51 Å². The van der Waals surface area contributed by atoms with Gasteiger partial charge in [0, 0.05) is 17.8 Å². The van der Waals surface area contributed by atoms with Crippen LogP contribution in [0.3, 0.4) is 0 Å². The van der Waals surface area contributed by atoms with Gasteiger partial charge in [0.2, 0.25) is 0 Å². The minimum Gasteiger partial charge on any atom is -0.326 e. The molecule has 0 spiro atoms. The van der Waals surface area contributed by atoms with Gasteiger partial charge in [0.25, 0.3) is 0 Å². The molecule has 2 aromatic rings. The Morgan fingerprint density at radius 1 is 1.31 bits per heavy atom. The lowest BCUT2D eigenvalue weighted by Crippen LogP contribution is -1.93. The molecule has 0 aliphatic heterocycles. The smallest absolute Gasteiger partial charge is 0.316 e. The van der Waals surface area contributed by atoms with E-state index in [-0.39, 0.29) is 6.61 Å². The number of aromatic nitrogens is 1. The maximum absolute atomic E-state index is 10.4. The van der Waals surface area contributed by atoms with Crippen LogP contribution in [0, 0.1) is 0 Å². The molecule has 16 heavy (non-hydrogen) atoms. The second-order valence-corrected chi connectivity index (χ2v) is 4.24. The number of benzene rings is 1. The van der Waals surface area contributed by atoms with Gasteiger partial charge in [-0.2, -0.15) is 0 Å². The molecule has 84 valence electrons. The van der Waals surface area contributed by atoms with Crippen LogP contribution in [0.2, 0.25) is 0 Å². The highest BCUT2D eigenvalue weighted by atomic mass is 31.1. The lowest BCUT2D eigenvalue weighted by Gasteiger charge is -2.03. The SMILES string of the molecule is O=[PH](O)OCCc1ccc2ccncc2c1. The molecule has 1 unspecified atom stereocenters. The van der Waals surface area contributed by atoms with Gasteiger partial charge in [-0.3, -0.25) is 9.55 Å². The van der Waals surface area contributed by atoms with E-state index < -0.39 is 8.25 Å². The largest absolute Gasteiger partial charge is 0.326 e. The predicted octanol–water partition coefficient (Wildman–Crippen LogP) is 2.18. The average Bonchev–Trinajstić information content (AvgIpc) is 2.28. The average molecular weight is 237 g/mol. The molecule has 1 N–H and O–H groups in total. The molecule has 1 atom stereocenters. The van der Waals surface area contributed by atoms with E-state index in [1.54, 1.807) is 12.4 Å². The van der Waals surface area contributed by atoms with E-state index in [4.69, 9.17) is 4.89 Å². The van der Waals surface area contributed by atoms with Gasteiger partial charge >= 0.3 is 8.25 Å². The van der Waals surface area contributed by atoms with E-state index >= 15 is 0 Å². The van der Waals surface area contributed by atoms with Crippen molar-refractivity contribution in [2.45, 2.75) is 6.42 Å². The Morgan fingerprint density at radius 2 is 2.19 bits per heavy atom. The molecule has 0 saturated heterocycles. The summed E-state index contributed by atoms with van der Waals surface area (Å²) in [6.45, 7) is 0.264. The first kappa shape index (κ1) is 11.3. The Kier molecular flexibility index (Phi) is 3.67. The third-order valence-corrected chi connectivity index (χ3v) is 2.77. The van der Waals surface area contributed by atoms with Gasteiger partial charge < -0.3 is 9.42 Å². The zero-order valence-electron chi connectivity index (χ0n) is 8.59. The van der Waals surface area contributed by atoms with Crippen LogP contribution in [0.15, 0.2) is 36.7 Å². The van der Waals surface area contributed by atoms with Crippen LogP contribution >= 0.6 is 8.25 Å². The maximum atomic E-state index is 10.4. The molecule has 0 aliphatic rings.